The van der Waals surface area contributed by atoms with Crippen LogP contribution in [0, 0.1) is 23.7 Å². The first-order chi connectivity index (χ1) is 8.99. The van der Waals surface area contributed by atoms with Crippen molar-refractivity contribution in [1.29, 1.82) is 0 Å². The van der Waals surface area contributed by atoms with E-state index in [4.69, 9.17) is 0 Å². The fourth-order valence-electron chi connectivity index (χ4n) is 3.45. The average molecular weight is 284 g/mol. The van der Waals surface area contributed by atoms with Crippen LogP contribution in [-0.2, 0) is 0 Å². The molecule has 19 heavy (non-hydrogen) atoms. The van der Waals surface area contributed by atoms with Gasteiger partial charge in [0.25, 0.3) is 0 Å². The summed E-state index contributed by atoms with van der Waals surface area (Å²) in [7, 11) is 0. The fraction of sp³-hybridized carbons (Fsp3) is 1.00. The van der Waals surface area contributed by atoms with Crippen molar-refractivity contribution in [2.75, 3.05) is 0 Å². The van der Waals surface area contributed by atoms with Crippen LogP contribution < -0.4 is 0 Å². The maximum atomic E-state index is 2.48. The Labute approximate surface area is 131 Å². The molecule has 0 spiro atoms. The van der Waals surface area contributed by atoms with Crippen molar-refractivity contribution in [2.24, 2.45) is 23.7 Å². The van der Waals surface area contributed by atoms with Crippen LogP contribution in [0.1, 0.15) is 81.5 Å². The highest BCUT2D eigenvalue weighted by molar-refractivity contribution is 6.35. The molecule has 0 aliphatic rings. The minimum atomic E-state index is 0. The highest BCUT2D eigenvalue weighted by Gasteiger charge is 2.12. The molecule has 0 saturated carbocycles. The Morgan fingerprint density at radius 1 is 0.684 bits per heavy atom. The second-order valence-corrected chi connectivity index (χ2v) is 8.75. The summed E-state index contributed by atoms with van der Waals surface area (Å²) in [6.07, 6.45) is 8.47. The van der Waals surface area contributed by atoms with E-state index < -0.39 is 0 Å². The van der Waals surface area contributed by atoms with E-state index in [0.29, 0.717) is 15.2 Å². The molecule has 4 atom stereocenters. The molecule has 1 radical (unpaired) electrons. The standard InChI is InChI=1S/2C9H19.Al.H2/c2*1-5-6-9(4)7-8(2)3;;/h2*8-9H,2,5-7H2,1,3-4H3;;1H. The van der Waals surface area contributed by atoms with Crippen molar-refractivity contribution in [3.63, 3.8) is 0 Å². The maximum Gasteiger partial charge on any atom is 0.200 e. The van der Waals surface area contributed by atoms with E-state index in [1.165, 1.54) is 49.1 Å². The molecular formula is C18H40Al. The lowest BCUT2D eigenvalue weighted by atomic mass is 9.95. The molecule has 0 aromatic carbocycles. The quantitative estimate of drug-likeness (QED) is 0.350. The van der Waals surface area contributed by atoms with Gasteiger partial charge < -0.3 is 0 Å². The van der Waals surface area contributed by atoms with E-state index in [2.05, 4.69) is 41.5 Å². The van der Waals surface area contributed by atoms with Gasteiger partial charge in [-0.05, 0) is 24.7 Å². The van der Waals surface area contributed by atoms with Gasteiger partial charge in [0.1, 0.15) is 0 Å². The normalized spacial score (nSPS) is 17.8. The van der Waals surface area contributed by atoms with Gasteiger partial charge in [0, 0.05) is 1.43 Å². The Morgan fingerprint density at radius 3 is 1.37 bits per heavy atom. The van der Waals surface area contributed by atoms with Crippen LogP contribution in [0.3, 0.4) is 0 Å². The van der Waals surface area contributed by atoms with Crippen molar-refractivity contribution < 1.29 is 1.43 Å². The lowest BCUT2D eigenvalue weighted by Gasteiger charge is -2.19. The van der Waals surface area contributed by atoms with Gasteiger partial charge in [0.15, 0.2) is 0 Å². The van der Waals surface area contributed by atoms with Gasteiger partial charge in [0.05, 0.1) is 0 Å². The van der Waals surface area contributed by atoms with Crippen LogP contribution in [0.25, 0.3) is 0 Å². The van der Waals surface area contributed by atoms with E-state index in [1.54, 1.807) is 0 Å². The molecule has 0 aromatic heterocycles. The molecule has 0 saturated heterocycles. The molecule has 0 nitrogen and oxygen atoms in total. The summed E-state index contributed by atoms with van der Waals surface area (Å²) in [5.74, 6) is 3.83. The molecule has 1 heteroatoms. The van der Waals surface area contributed by atoms with Crippen molar-refractivity contribution in [1.82, 2.24) is 0 Å². The van der Waals surface area contributed by atoms with Crippen LogP contribution in [-0.4, -0.2) is 15.2 Å². The minimum absolute atomic E-state index is 0. The van der Waals surface area contributed by atoms with Gasteiger partial charge in [-0.25, -0.2) is 0 Å². The zero-order chi connectivity index (χ0) is 14.7. The van der Waals surface area contributed by atoms with E-state index >= 15 is 0 Å². The Kier molecular flexibility index (Phi) is 12.6. The average Bonchev–Trinajstić information content (AvgIpc) is 2.28. The van der Waals surface area contributed by atoms with Gasteiger partial charge >= 0.3 is 0 Å². The molecule has 0 amide bonds. The van der Waals surface area contributed by atoms with E-state index in [-0.39, 0.29) is 1.43 Å². The molecule has 0 fully saturated rings. The largest absolute Gasteiger partial charge is 0.200 e. The summed E-state index contributed by atoms with van der Waals surface area (Å²) < 4.78 is 0. The monoisotopic (exact) mass is 283 g/mol. The predicted octanol–water partition coefficient (Wildman–Crippen LogP) is 6.70. The summed E-state index contributed by atoms with van der Waals surface area (Å²) in [5, 5.41) is 3.06. The van der Waals surface area contributed by atoms with Crippen LogP contribution in [0.4, 0.5) is 0 Å². The highest BCUT2D eigenvalue weighted by Crippen LogP contribution is 2.22. The lowest BCUT2D eigenvalue weighted by molar-refractivity contribution is 0.403. The SMILES string of the molecule is CCCC(C)CC(C)[CH2][Al][CH2]C(C)CC(C)CCC.[HH]. The van der Waals surface area contributed by atoms with E-state index in [0.717, 1.165) is 23.7 Å². The Balaban J connectivity index is 0. The summed E-state index contributed by atoms with van der Waals surface area (Å²) in [4.78, 5) is 0. The molecule has 0 aromatic rings. The van der Waals surface area contributed by atoms with Crippen molar-refractivity contribution in [2.45, 2.75) is 90.6 Å². The molecule has 0 aliphatic heterocycles. The summed E-state index contributed by atoms with van der Waals surface area (Å²) in [5.41, 5.74) is 0. The van der Waals surface area contributed by atoms with Crippen LogP contribution in [0.15, 0.2) is 0 Å². The summed E-state index contributed by atoms with van der Waals surface area (Å²) in [6.45, 7) is 14.4. The Bertz CT molecular complexity index is 176. The molecular weight excluding hydrogens is 243 g/mol. The first-order valence-corrected chi connectivity index (χ1v) is 10.4. The zero-order valence-electron chi connectivity index (χ0n) is 14.5. The number of rotatable bonds is 12. The molecule has 0 aliphatic carbocycles. The van der Waals surface area contributed by atoms with Gasteiger partial charge in [-0.2, -0.15) is 0 Å². The predicted molar refractivity (Wildman–Crippen MR) is 93.2 cm³/mol. The number of hydrogen-bond donors (Lipinski definition) is 0. The van der Waals surface area contributed by atoms with Crippen LogP contribution in [0.2, 0.25) is 10.6 Å². The third-order valence-corrected chi connectivity index (χ3v) is 6.59. The molecule has 0 bridgehead atoms. The van der Waals surface area contributed by atoms with Crippen molar-refractivity contribution >= 4 is 15.2 Å². The third kappa shape index (κ3) is 12.0. The fourth-order valence-corrected chi connectivity index (χ4v) is 5.17. The smallest absolute Gasteiger partial charge is 0.101 e. The first kappa shape index (κ1) is 19.5. The van der Waals surface area contributed by atoms with E-state index in [1.807, 2.05) is 0 Å². The maximum absolute atomic E-state index is 2.48. The Morgan fingerprint density at radius 2 is 1.05 bits per heavy atom. The Hall–Kier alpha value is 0.532. The van der Waals surface area contributed by atoms with Gasteiger partial charge in [-0.3, -0.25) is 0 Å². The second-order valence-electron chi connectivity index (χ2n) is 7.23. The topological polar surface area (TPSA) is 0 Å². The van der Waals surface area contributed by atoms with Crippen molar-refractivity contribution in [3.8, 4) is 0 Å². The lowest BCUT2D eigenvalue weighted by Crippen LogP contribution is -2.09. The van der Waals surface area contributed by atoms with Crippen LogP contribution in [0.5, 0.6) is 0 Å². The number of hydrogen-bond acceptors (Lipinski definition) is 0. The van der Waals surface area contributed by atoms with Gasteiger partial charge in [0.2, 0.25) is 15.2 Å². The molecule has 0 heterocycles. The van der Waals surface area contributed by atoms with E-state index in [9.17, 15) is 0 Å². The van der Waals surface area contributed by atoms with Gasteiger partial charge in [-0.15, -0.1) is 10.6 Å². The second kappa shape index (κ2) is 12.3. The molecule has 0 N–H and O–H groups in total. The van der Waals surface area contributed by atoms with Crippen LogP contribution >= 0.6 is 0 Å². The zero-order valence-corrected chi connectivity index (χ0v) is 15.7. The summed E-state index contributed by atoms with van der Waals surface area (Å²) in [6, 6.07) is 0. The highest BCUT2D eigenvalue weighted by atomic mass is 27.1. The minimum Gasteiger partial charge on any atom is -0.101 e. The summed E-state index contributed by atoms with van der Waals surface area (Å²) >= 11 is 0.699. The first-order valence-electron chi connectivity index (χ1n) is 8.81. The molecule has 4 unspecified atom stereocenters. The third-order valence-electron chi connectivity index (χ3n) is 4.31. The van der Waals surface area contributed by atoms with Crippen molar-refractivity contribution in [3.05, 3.63) is 0 Å². The molecule has 115 valence electrons. The van der Waals surface area contributed by atoms with Gasteiger partial charge in [-0.1, -0.05) is 79.1 Å². The molecule has 0 rings (SSSR count).